The smallest absolute Gasteiger partial charge is 0.307 e. The molecule has 4 aromatic rings. The van der Waals surface area contributed by atoms with Gasteiger partial charge in [0.2, 0.25) is 0 Å². The Morgan fingerprint density at radius 3 is 0.688 bits per heavy atom. The Hall–Kier alpha value is -1.04. The fourth-order valence-electron chi connectivity index (χ4n) is 3.15. The zero-order valence-electron chi connectivity index (χ0n) is 17.9. The van der Waals surface area contributed by atoms with Crippen LogP contribution in [0.3, 0.4) is 0 Å². The summed E-state index contributed by atoms with van der Waals surface area (Å²) in [5.41, 5.74) is 0. The molecule has 0 unspecified atom stereocenters. The summed E-state index contributed by atoms with van der Waals surface area (Å²) in [6.07, 6.45) is 8.62. The molecule has 0 bridgehead atoms. The van der Waals surface area contributed by atoms with Gasteiger partial charge in [-0.25, -0.2) is 0 Å². The third kappa shape index (κ3) is 7.50. The maximum Gasteiger partial charge on any atom is 1.00 e. The molecule has 0 heterocycles. The molecule has 0 spiro atoms. The van der Waals surface area contributed by atoms with Crippen LogP contribution in [-0.4, -0.2) is 12.6 Å². The first kappa shape index (κ1) is 29.0. The molecule has 4 rings (SSSR count). The van der Waals surface area contributed by atoms with Crippen molar-refractivity contribution < 1.29 is 44.8 Å². The van der Waals surface area contributed by atoms with E-state index in [0.29, 0.717) is 0 Å². The third-order valence-electron chi connectivity index (χ3n) is 5.00. The van der Waals surface area contributed by atoms with Crippen LogP contribution in [0, 0.1) is 13.3 Å². The second kappa shape index (κ2) is 13.6. The van der Waals surface area contributed by atoms with Crippen molar-refractivity contribution in [2.24, 2.45) is 0 Å². The monoisotopic (exact) mass is 640 g/mol. The van der Waals surface area contributed by atoms with Gasteiger partial charge in [-0.1, -0.05) is 121 Å². The van der Waals surface area contributed by atoms with Crippen molar-refractivity contribution in [2.75, 3.05) is 0 Å². The van der Waals surface area contributed by atoms with E-state index in [1.807, 2.05) is 72.8 Å². The first-order chi connectivity index (χ1) is 14.4. The molecule has 4 aromatic carbocycles. The van der Waals surface area contributed by atoms with Gasteiger partial charge in [-0.2, -0.15) is 13.8 Å². The average molecular weight is 642 g/mol. The molecule has 0 radical (unpaired) electrons. The van der Waals surface area contributed by atoms with E-state index in [1.165, 1.54) is 21.2 Å². The molecule has 0 fully saturated rings. The summed E-state index contributed by atoms with van der Waals surface area (Å²) in [5, 5.41) is 4.99. The van der Waals surface area contributed by atoms with Gasteiger partial charge in [0.1, 0.15) is 0 Å². The Morgan fingerprint density at radius 1 is 0.375 bits per heavy atom. The molecular weight excluding hydrogens is 614 g/mol. The molecule has 32 heavy (non-hydrogen) atoms. The van der Waals surface area contributed by atoms with Gasteiger partial charge in [0.15, 0.2) is 0 Å². The molecule has 4 heteroatoms. The fraction of sp³-hybridized carbons (Fsp3) is 0. The molecule has 0 atom stereocenters. The zero-order valence-corrected chi connectivity index (χ0v) is 22.6. The predicted molar refractivity (Wildman–Crippen MR) is 143 cm³/mol. The fourth-order valence-corrected chi connectivity index (χ4v) is 6.72. The van der Waals surface area contributed by atoms with Gasteiger partial charge < -0.3 is 13.3 Å². The van der Waals surface area contributed by atoms with Crippen LogP contribution in [0.5, 0.6) is 0 Å². The zero-order chi connectivity index (χ0) is 21.5. The predicted octanol–water partition coefficient (Wildman–Crippen LogP) is 5.75. The molecule has 0 aliphatic rings. The second-order valence-corrected chi connectivity index (χ2v) is 13.2. The van der Waals surface area contributed by atoms with E-state index in [-0.39, 0.29) is 44.8 Å². The Labute approximate surface area is 225 Å². The third-order valence-corrected chi connectivity index (χ3v) is 10.1. The minimum Gasteiger partial charge on any atom is -0.307 e. The quantitative estimate of drug-likeness (QED) is 0.151. The summed E-state index contributed by atoms with van der Waals surface area (Å²) in [4.78, 5) is 0. The molecule has 0 aliphatic carbocycles. The molecule has 0 amide bonds. The topological polar surface area (TPSA) is 0 Å². The summed E-state index contributed by atoms with van der Waals surface area (Å²) in [5.74, 6) is 0. The van der Waals surface area contributed by atoms with E-state index >= 15 is 0 Å². The van der Waals surface area contributed by atoms with Crippen LogP contribution in [0.1, 0.15) is 0 Å². The van der Waals surface area contributed by atoms with Gasteiger partial charge in [-0.05, 0) is 21.2 Å². The summed E-state index contributed by atoms with van der Waals surface area (Å²) in [7, 11) is 0. The first-order valence-corrected chi connectivity index (χ1v) is 14.1. The maximum atomic E-state index is 4.31. The van der Waals surface area contributed by atoms with Crippen LogP contribution >= 0.6 is 13.8 Å². The largest absolute Gasteiger partial charge is 1.00 e. The van der Waals surface area contributed by atoms with Crippen molar-refractivity contribution in [3.8, 4) is 0 Å². The Morgan fingerprint density at radius 2 is 0.531 bits per heavy atom. The summed E-state index contributed by atoms with van der Waals surface area (Å²) < 4.78 is 0. The van der Waals surface area contributed by atoms with Gasteiger partial charge in [0.25, 0.3) is 0 Å². The van der Waals surface area contributed by atoms with Gasteiger partial charge in [-0.3, -0.25) is 0 Å². The Bertz CT molecular complexity index is 961. The van der Waals surface area contributed by atoms with E-state index in [2.05, 4.69) is 74.5 Å². The van der Waals surface area contributed by atoms with Crippen LogP contribution in [0.2, 0.25) is 0 Å². The summed E-state index contributed by atoms with van der Waals surface area (Å²) >= 11 is 0. The Balaban J connectivity index is 0.000000301. The molecule has 172 valence electrons. The van der Waals surface area contributed by atoms with Crippen LogP contribution in [0.25, 0.3) is 0 Å². The number of rotatable bonds is 4. The van der Waals surface area contributed by atoms with E-state index in [1.54, 1.807) is 0 Å². The van der Waals surface area contributed by atoms with Crippen molar-refractivity contribution in [2.45, 2.75) is 0 Å². The second-order valence-electron chi connectivity index (χ2n) is 7.28. The number of benzene rings is 4. The number of hydrogen-bond donors (Lipinski definition) is 0. The number of hydrogen-bond acceptors (Lipinski definition) is 0. The van der Waals surface area contributed by atoms with Crippen LogP contribution in [-0.2, 0) is 44.8 Å². The van der Waals surface area contributed by atoms with Crippen molar-refractivity contribution in [3.63, 3.8) is 0 Å². The van der Waals surface area contributed by atoms with Crippen molar-refractivity contribution in [3.05, 3.63) is 135 Å². The van der Waals surface area contributed by atoms with Crippen molar-refractivity contribution >= 4 is 47.6 Å². The summed E-state index contributed by atoms with van der Waals surface area (Å²) in [6.45, 7) is 5.33. The minimum atomic E-state index is -1.65. The molecule has 0 aromatic heterocycles. The first-order valence-electron chi connectivity index (χ1n) is 9.80. The molecule has 0 N–H and O–H groups in total. The molecular formula is C28H28Ag2P2. The van der Waals surface area contributed by atoms with Crippen molar-refractivity contribution in [1.29, 1.82) is 0 Å². The van der Waals surface area contributed by atoms with E-state index < -0.39 is 13.8 Å². The SMILES string of the molecule is C=P([CH2-])(c1ccccc1)c1ccccc1.C=P([CH2-])(c1ccccc1)c1ccccc1.[Ag+].[Ag+]. The van der Waals surface area contributed by atoms with Gasteiger partial charge in [-0.15, -0.1) is 12.6 Å². The molecule has 0 aliphatic heterocycles. The molecule has 0 saturated carbocycles. The van der Waals surface area contributed by atoms with Gasteiger partial charge in [0.05, 0.1) is 0 Å². The van der Waals surface area contributed by atoms with Crippen LogP contribution < -0.4 is 21.2 Å². The normalized spacial score (nSPS) is 10.6. The Kier molecular flexibility index (Phi) is 12.3. The van der Waals surface area contributed by atoms with Crippen LogP contribution in [0.15, 0.2) is 121 Å². The van der Waals surface area contributed by atoms with Gasteiger partial charge >= 0.3 is 44.8 Å². The molecule has 0 nitrogen and oxygen atoms in total. The molecule has 0 saturated heterocycles. The van der Waals surface area contributed by atoms with Crippen molar-refractivity contribution in [1.82, 2.24) is 0 Å². The minimum absolute atomic E-state index is 0. The van der Waals surface area contributed by atoms with E-state index in [4.69, 9.17) is 0 Å². The average Bonchev–Trinajstić information content (AvgIpc) is 2.82. The summed E-state index contributed by atoms with van der Waals surface area (Å²) in [6, 6.07) is 41.3. The van der Waals surface area contributed by atoms with Gasteiger partial charge in [0, 0.05) is 0 Å². The van der Waals surface area contributed by atoms with E-state index in [9.17, 15) is 0 Å². The maximum absolute atomic E-state index is 4.31. The standard InChI is InChI=1S/2C14H14P.2Ag/c2*1-15(2,13-9-5-3-6-10-13)14-11-7-4-8-12-14;;/h2*3-12H,1-2H2;;/q2*-1;2*+1. The van der Waals surface area contributed by atoms with E-state index in [0.717, 1.165) is 0 Å². The van der Waals surface area contributed by atoms with Crippen LogP contribution in [0.4, 0.5) is 0 Å².